The Balaban J connectivity index is 1.42. The normalized spacial score (nSPS) is 15.5. The van der Waals surface area contributed by atoms with E-state index in [2.05, 4.69) is 10.9 Å². The number of carbonyl (C=O) groups excluding carboxylic acids is 2. The number of sulfonamides is 1. The van der Waals surface area contributed by atoms with Crippen LogP contribution in [0.4, 0.5) is 4.39 Å². The van der Waals surface area contributed by atoms with Crippen LogP contribution in [0.5, 0.6) is 5.75 Å². The molecule has 1 aliphatic heterocycles. The maximum absolute atomic E-state index is 12.9. The van der Waals surface area contributed by atoms with Gasteiger partial charge in [0.05, 0.1) is 4.90 Å². The third-order valence-electron chi connectivity index (χ3n) is 5.34. The molecule has 1 saturated heterocycles. The molecule has 2 aromatic carbocycles. The van der Waals surface area contributed by atoms with Gasteiger partial charge in [0, 0.05) is 19.5 Å². The number of amides is 2. The zero-order valence-electron chi connectivity index (χ0n) is 18.4. The highest BCUT2D eigenvalue weighted by Gasteiger charge is 2.25. The summed E-state index contributed by atoms with van der Waals surface area (Å²) < 4.78 is 45.2. The predicted molar refractivity (Wildman–Crippen MR) is 120 cm³/mol. The lowest BCUT2D eigenvalue weighted by Gasteiger charge is -2.25. The Hall–Kier alpha value is -2.98. The lowest BCUT2D eigenvalue weighted by atomic mass is 10.1. The quantitative estimate of drug-likeness (QED) is 0.569. The SMILES string of the molecule is CC(Oc1ccc(F)cc1)C(=O)NNC(=O)CCc1ccc(S(=O)(=O)N2CCCCC2)cc1. The molecule has 2 amide bonds. The molecule has 1 unspecified atom stereocenters. The molecular formula is C23H28FN3O5S. The maximum Gasteiger partial charge on any atom is 0.279 e. The van der Waals surface area contributed by atoms with Crippen LogP contribution in [0.1, 0.15) is 38.2 Å². The molecule has 0 saturated carbocycles. The molecule has 0 spiro atoms. The maximum atomic E-state index is 12.9. The number of ether oxygens (including phenoxy) is 1. The zero-order valence-corrected chi connectivity index (χ0v) is 19.2. The van der Waals surface area contributed by atoms with Gasteiger partial charge in [0.15, 0.2) is 6.10 Å². The van der Waals surface area contributed by atoms with Crippen molar-refractivity contribution >= 4 is 21.8 Å². The van der Waals surface area contributed by atoms with Crippen LogP contribution in [-0.2, 0) is 26.0 Å². The molecule has 0 radical (unpaired) electrons. The third kappa shape index (κ3) is 7.00. The van der Waals surface area contributed by atoms with E-state index in [0.29, 0.717) is 25.3 Å². The van der Waals surface area contributed by atoms with E-state index in [1.54, 1.807) is 24.3 Å². The van der Waals surface area contributed by atoms with E-state index in [-0.39, 0.29) is 11.3 Å². The molecule has 33 heavy (non-hydrogen) atoms. The molecule has 3 rings (SSSR count). The summed E-state index contributed by atoms with van der Waals surface area (Å²) in [4.78, 5) is 24.4. The van der Waals surface area contributed by atoms with E-state index in [9.17, 15) is 22.4 Å². The molecule has 2 N–H and O–H groups in total. The molecule has 0 aliphatic carbocycles. The molecule has 1 aliphatic rings. The van der Waals surface area contributed by atoms with Crippen LogP contribution in [0.2, 0.25) is 0 Å². The summed E-state index contributed by atoms with van der Waals surface area (Å²) in [5.41, 5.74) is 5.43. The number of hydrogen-bond acceptors (Lipinski definition) is 5. The lowest BCUT2D eigenvalue weighted by molar-refractivity contribution is -0.132. The van der Waals surface area contributed by atoms with Crippen molar-refractivity contribution in [2.45, 2.75) is 50.0 Å². The molecule has 1 heterocycles. The van der Waals surface area contributed by atoms with Crippen molar-refractivity contribution in [1.82, 2.24) is 15.2 Å². The van der Waals surface area contributed by atoms with Gasteiger partial charge in [-0.2, -0.15) is 4.31 Å². The number of hydrazine groups is 1. The molecule has 10 heteroatoms. The minimum atomic E-state index is -3.49. The van der Waals surface area contributed by atoms with Crippen molar-refractivity contribution < 1.29 is 27.1 Å². The second-order valence-corrected chi connectivity index (χ2v) is 9.80. The van der Waals surface area contributed by atoms with Gasteiger partial charge < -0.3 is 4.74 Å². The number of piperidine rings is 1. The van der Waals surface area contributed by atoms with Crippen molar-refractivity contribution in [3.8, 4) is 5.75 Å². The van der Waals surface area contributed by atoms with Gasteiger partial charge in [0.2, 0.25) is 15.9 Å². The van der Waals surface area contributed by atoms with E-state index >= 15 is 0 Å². The second kappa shape index (κ2) is 11.2. The van der Waals surface area contributed by atoms with Gasteiger partial charge in [-0.05, 0) is 68.1 Å². The van der Waals surface area contributed by atoms with Crippen LogP contribution in [0, 0.1) is 5.82 Å². The van der Waals surface area contributed by atoms with Gasteiger partial charge in [-0.1, -0.05) is 18.6 Å². The van der Waals surface area contributed by atoms with E-state index in [1.165, 1.54) is 35.5 Å². The third-order valence-corrected chi connectivity index (χ3v) is 7.25. The minimum Gasteiger partial charge on any atom is -0.481 e. The monoisotopic (exact) mass is 477 g/mol. The van der Waals surface area contributed by atoms with Crippen LogP contribution < -0.4 is 15.6 Å². The topological polar surface area (TPSA) is 105 Å². The van der Waals surface area contributed by atoms with Gasteiger partial charge >= 0.3 is 0 Å². The van der Waals surface area contributed by atoms with Crippen LogP contribution in [0.3, 0.4) is 0 Å². The highest BCUT2D eigenvalue weighted by molar-refractivity contribution is 7.89. The summed E-state index contributed by atoms with van der Waals surface area (Å²) in [5, 5.41) is 0. The summed E-state index contributed by atoms with van der Waals surface area (Å²) in [6, 6.07) is 11.8. The molecular weight excluding hydrogens is 449 g/mol. The number of rotatable bonds is 8. The van der Waals surface area contributed by atoms with E-state index in [4.69, 9.17) is 4.74 Å². The average molecular weight is 478 g/mol. The fourth-order valence-electron chi connectivity index (χ4n) is 3.41. The van der Waals surface area contributed by atoms with Crippen molar-refractivity contribution in [3.63, 3.8) is 0 Å². The summed E-state index contributed by atoms with van der Waals surface area (Å²) in [6.07, 6.45) is 2.39. The Morgan fingerprint density at radius 3 is 2.27 bits per heavy atom. The predicted octanol–water partition coefficient (Wildman–Crippen LogP) is 2.55. The average Bonchev–Trinajstić information content (AvgIpc) is 2.83. The number of halogens is 1. The first kappa shape index (κ1) is 24.7. The van der Waals surface area contributed by atoms with Gasteiger partial charge in [0.1, 0.15) is 11.6 Å². The molecule has 1 atom stereocenters. The molecule has 0 bridgehead atoms. The summed E-state index contributed by atoms with van der Waals surface area (Å²) in [5.74, 6) is -1.04. The highest BCUT2D eigenvalue weighted by atomic mass is 32.2. The number of nitrogens with zero attached hydrogens (tertiary/aromatic N) is 1. The minimum absolute atomic E-state index is 0.103. The van der Waals surface area contributed by atoms with Gasteiger partial charge in [-0.25, -0.2) is 12.8 Å². The van der Waals surface area contributed by atoms with Crippen LogP contribution >= 0.6 is 0 Å². The first-order chi connectivity index (χ1) is 15.8. The van der Waals surface area contributed by atoms with Gasteiger partial charge in [0.25, 0.3) is 5.91 Å². The molecule has 1 fully saturated rings. The Morgan fingerprint density at radius 1 is 1.00 bits per heavy atom. The fraction of sp³-hybridized carbons (Fsp3) is 0.391. The van der Waals surface area contributed by atoms with Crippen molar-refractivity contribution in [3.05, 3.63) is 59.9 Å². The first-order valence-electron chi connectivity index (χ1n) is 10.9. The van der Waals surface area contributed by atoms with Crippen LogP contribution in [0.15, 0.2) is 53.4 Å². The second-order valence-electron chi connectivity index (χ2n) is 7.86. The van der Waals surface area contributed by atoms with Gasteiger partial charge in [-0.15, -0.1) is 0 Å². The van der Waals surface area contributed by atoms with E-state index in [0.717, 1.165) is 24.8 Å². The number of nitrogens with one attached hydrogen (secondary N) is 2. The Labute approximate surface area is 193 Å². The van der Waals surface area contributed by atoms with Gasteiger partial charge in [-0.3, -0.25) is 20.4 Å². The smallest absolute Gasteiger partial charge is 0.279 e. The van der Waals surface area contributed by atoms with E-state index < -0.39 is 33.8 Å². The molecule has 178 valence electrons. The summed E-state index contributed by atoms with van der Waals surface area (Å²) >= 11 is 0. The largest absolute Gasteiger partial charge is 0.481 e. The number of aryl methyl sites for hydroxylation is 1. The van der Waals surface area contributed by atoms with Crippen LogP contribution in [0.25, 0.3) is 0 Å². The lowest BCUT2D eigenvalue weighted by Crippen LogP contribution is -2.47. The Kier molecular flexibility index (Phi) is 8.40. The summed E-state index contributed by atoms with van der Waals surface area (Å²) in [7, 11) is -3.49. The van der Waals surface area contributed by atoms with Crippen molar-refractivity contribution in [1.29, 1.82) is 0 Å². The highest BCUT2D eigenvalue weighted by Crippen LogP contribution is 2.21. The number of benzene rings is 2. The van der Waals surface area contributed by atoms with Crippen molar-refractivity contribution in [2.24, 2.45) is 0 Å². The van der Waals surface area contributed by atoms with Crippen LogP contribution in [-0.4, -0.2) is 43.7 Å². The number of hydrogen-bond donors (Lipinski definition) is 2. The zero-order chi connectivity index (χ0) is 23.8. The fourth-order valence-corrected chi connectivity index (χ4v) is 4.92. The molecule has 0 aromatic heterocycles. The Morgan fingerprint density at radius 2 is 1.64 bits per heavy atom. The van der Waals surface area contributed by atoms with Crippen molar-refractivity contribution in [2.75, 3.05) is 13.1 Å². The molecule has 8 nitrogen and oxygen atoms in total. The standard InChI is InChI=1S/C23H28FN3O5S/c1-17(32-20-10-8-19(24)9-11-20)23(29)26-25-22(28)14-7-18-5-12-21(13-6-18)33(30,31)27-15-3-2-4-16-27/h5-6,8-13,17H,2-4,7,14-16H2,1H3,(H,25,28)(H,26,29). The number of carbonyl (C=O) groups is 2. The Bertz CT molecular complexity index is 1050. The first-order valence-corrected chi connectivity index (χ1v) is 12.3. The molecule has 2 aromatic rings. The van der Waals surface area contributed by atoms with E-state index in [1.807, 2.05) is 0 Å². The summed E-state index contributed by atoms with van der Waals surface area (Å²) in [6.45, 7) is 2.59.